The molecule has 0 saturated carbocycles. The molecule has 0 aromatic rings. The quantitative estimate of drug-likeness (QED) is 0.0261. The fourth-order valence-electron chi connectivity index (χ4n) is 9.93. The highest BCUT2D eigenvalue weighted by Crippen LogP contribution is 2.18. The van der Waals surface area contributed by atoms with Crippen LogP contribution >= 0.6 is 0 Å². The van der Waals surface area contributed by atoms with E-state index in [4.69, 9.17) is 14.2 Å². The molecule has 0 N–H and O–H groups in total. The standard InChI is InChI=1S/C75H130O6/c1-4-7-10-13-16-19-22-24-26-28-30-32-34-36-38-40-41-43-45-47-49-51-53-56-59-62-65-68-74(77)80-71-72(70-79-73(76)67-64-61-58-55-21-18-15-12-9-6-3)81-75(78)69-66-63-60-57-54-52-50-48-46-44-42-39-37-35-33-31-29-27-25-23-20-17-14-11-8-5-2/h7,10,16,19,24,26,30,32,36,38,41,43,47,49,53,56,72H,4-6,8-9,11-15,17-18,20-23,25,27-29,31,33-35,37,39-40,42,44-46,48,50-52,54-55,57-71H2,1-3H3/b10-7-,19-16-,26-24-,32-30-,38-36-,43-41-,49-47-,56-53-. The van der Waals surface area contributed by atoms with Crippen LogP contribution in [0.25, 0.3) is 0 Å². The molecule has 0 heterocycles. The van der Waals surface area contributed by atoms with Crippen LogP contribution < -0.4 is 0 Å². The van der Waals surface area contributed by atoms with Crippen LogP contribution in [0.4, 0.5) is 0 Å². The Hall–Kier alpha value is -3.67. The van der Waals surface area contributed by atoms with Crippen molar-refractivity contribution in [1.29, 1.82) is 0 Å². The summed E-state index contributed by atoms with van der Waals surface area (Å²) in [5.74, 6) is -0.920. The normalized spacial score (nSPS) is 12.7. The first-order valence-corrected chi connectivity index (χ1v) is 34.7. The van der Waals surface area contributed by atoms with Crippen molar-refractivity contribution < 1.29 is 28.6 Å². The SMILES string of the molecule is CC/C=C\C/C=C\C/C=C\C/C=C\C/C=C\C/C=C\C/C=C\C/C=C\CCCCC(=O)OCC(COC(=O)CCCCCCCCCCCC)OC(=O)CCCCCCCCCCCCCCCCCCCCCCCCCCCC. The van der Waals surface area contributed by atoms with E-state index in [0.717, 1.165) is 109 Å². The maximum absolute atomic E-state index is 12.9. The number of carbonyl (C=O) groups excluding carboxylic acids is 3. The highest BCUT2D eigenvalue weighted by molar-refractivity contribution is 5.71. The molecule has 0 aromatic heterocycles. The van der Waals surface area contributed by atoms with Crippen LogP contribution in [0.5, 0.6) is 0 Å². The van der Waals surface area contributed by atoms with E-state index in [9.17, 15) is 14.4 Å². The van der Waals surface area contributed by atoms with Crippen molar-refractivity contribution in [3.63, 3.8) is 0 Å². The summed E-state index contributed by atoms with van der Waals surface area (Å²) in [6, 6.07) is 0. The van der Waals surface area contributed by atoms with Gasteiger partial charge in [0.05, 0.1) is 0 Å². The van der Waals surface area contributed by atoms with Crippen LogP contribution in [0.2, 0.25) is 0 Å². The van der Waals surface area contributed by atoms with Crippen LogP contribution in [0.15, 0.2) is 97.2 Å². The molecule has 0 bridgehead atoms. The zero-order valence-electron chi connectivity index (χ0n) is 53.5. The van der Waals surface area contributed by atoms with Gasteiger partial charge in [-0.05, 0) is 83.5 Å². The van der Waals surface area contributed by atoms with Gasteiger partial charge in [-0.1, -0.05) is 336 Å². The molecule has 0 radical (unpaired) electrons. The average molecular weight is 1130 g/mol. The average Bonchev–Trinajstić information content (AvgIpc) is 3.47. The Bertz CT molecular complexity index is 1580. The molecule has 0 aliphatic rings. The molecule has 0 aromatic carbocycles. The van der Waals surface area contributed by atoms with Gasteiger partial charge in [-0.2, -0.15) is 0 Å². The molecule has 0 aliphatic heterocycles. The van der Waals surface area contributed by atoms with E-state index in [1.807, 2.05) is 0 Å². The molecule has 6 heteroatoms. The largest absolute Gasteiger partial charge is 0.462 e. The van der Waals surface area contributed by atoms with Gasteiger partial charge in [-0.25, -0.2) is 0 Å². The number of hydrogen-bond donors (Lipinski definition) is 0. The minimum Gasteiger partial charge on any atom is -0.462 e. The molecule has 0 aliphatic carbocycles. The van der Waals surface area contributed by atoms with E-state index in [1.165, 1.54) is 193 Å². The van der Waals surface area contributed by atoms with Gasteiger partial charge in [-0.3, -0.25) is 14.4 Å². The number of unbranched alkanes of at least 4 members (excludes halogenated alkanes) is 36. The Balaban J connectivity index is 4.28. The van der Waals surface area contributed by atoms with Crippen LogP contribution in [0.1, 0.15) is 342 Å². The minimum absolute atomic E-state index is 0.0875. The van der Waals surface area contributed by atoms with Crippen molar-refractivity contribution in [1.82, 2.24) is 0 Å². The predicted octanol–water partition coefficient (Wildman–Crippen LogP) is 24.0. The van der Waals surface area contributed by atoms with Gasteiger partial charge in [0, 0.05) is 19.3 Å². The van der Waals surface area contributed by atoms with Gasteiger partial charge in [0.25, 0.3) is 0 Å². The zero-order valence-corrected chi connectivity index (χ0v) is 53.5. The summed E-state index contributed by atoms with van der Waals surface area (Å²) < 4.78 is 16.9. The molecule has 0 fully saturated rings. The number of carbonyl (C=O) groups is 3. The Morgan fingerprint density at radius 1 is 0.259 bits per heavy atom. The Morgan fingerprint density at radius 3 is 0.753 bits per heavy atom. The molecule has 0 amide bonds. The van der Waals surface area contributed by atoms with Gasteiger partial charge in [0.15, 0.2) is 6.10 Å². The summed E-state index contributed by atoms with van der Waals surface area (Å²) >= 11 is 0. The second-order valence-electron chi connectivity index (χ2n) is 23.1. The lowest BCUT2D eigenvalue weighted by molar-refractivity contribution is -0.167. The molecule has 0 rings (SSSR count). The molecule has 1 atom stereocenters. The Kier molecular flexibility index (Phi) is 65.7. The number of ether oxygens (including phenoxy) is 3. The zero-order chi connectivity index (χ0) is 58.5. The summed E-state index contributed by atoms with van der Waals surface area (Å²) in [4.78, 5) is 38.3. The van der Waals surface area contributed by atoms with Crippen LogP contribution in [0, 0.1) is 0 Å². The lowest BCUT2D eigenvalue weighted by Gasteiger charge is -2.18. The van der Waals surface area contributed by atoms with E-state index in [-0.39, 0.29) is 31.1 Å². The Labute approximate surface area is 502 Å². The second-order valence-corrected chi connectivity index (χ2v) is 23.1. The maximum atomic E-state index is 12.9. The van der Waals surface area contributed by atoms with Crippen LogP contribution in [-0.2, 0) is 28.6 Å². The van der Waals surface area contributed by atoms with E-state index in [1.54, 1.807) is 0 Å². The molecule has 6 nitrogen and oxygen atoms in total. The number of hydrogen-bond acceptors (Lipinski definition) is 6. The van der Waals surface area contributed by atoms with E-state index < -0.39 is 6.10 Å². The first-order chi connectivity index (χ1) is 40.0. The van der Waals surface area contributed by atoms with Crippen molar-refractivity contribution in [3.8, 4) is 0 Å². The van der Waals surface area contributed by atoms with Crippen molar-refractivity contribution in [2.75, 3.05) is 13.2 Å². The van der Waals surface area contributed by atoms with Crippen LogP contribution in [-0.4, -0.2) is 37.2 Å². The lowest BCUT2D eigenvalue weighted by atomic mass is 10.0. The summed E-state index contributed by atoms with van der Waals surface area (Å²) in [7, 11) is 0. The highest BCUT2D eigenvalue weighted by Gasteiger charge is 2.19. The predicted molar refractivity (Wildman–Crippen MR) is 353 cm³/mol. The summed E-state index contributed by atoms with van der Waals surface area (Å²) in [5, 5.41) is 0. The monoisotopic (exact) mass is 1130 g/mol. The second kappa shape index (κ2) is 68.8. The molecule has 0 saturated heterocycles. The third kappa shape index (κ3) is 67.0. The molecule has 81 heavy (non-hydrogen) atoms. The molecule has 0 spiro atoms. The topological polar surface area (TPSA) is 78.9 Å². The van der Waals surface area contributed by atoms with Gasteiger partial charge in [-0.15, -0.1) is 0 Å². The lowest BCUT2D eigenvalue weighted by Crippen LogP contribution is -2.30. The van der Waals surface area contributed by atoms with Gasteiger partial charge >= 0.3 is 17.9 Å². The highest BCUT2D eigenvalue weighted by atomic mass is 16.6. The molecule has 1 unspecified atom stereocenters. The van der Waals surface area contributed by atoms with Crippen molar-refractivity contribution in [3.05, 3.63) is 97.2 Å². The Morgan fingerprint density at radius 2 is 0.481 bits per heavy atom. The van der Waals surface area contributed by atoms with Gasteiger partial charge in [0.2, 0.25) is 0 Å². The van der Waals surface area contributed by atoms with Crippen LogP contribution in [0.3, 0.4) is 0 Å². The third-order valence-electron chi connectivity index (χ3n) is 15.1. The third-order valence-corrected chi connectivity index (χ3v) is 15.1. The smallest absolute Gasteiger partial charge is 0.306 e. The fraction of sp³-hybridized carbons (Fsp3) is 0.747. The van der Waals surface area contributed by atoms with Crippen molar-refractivity contribution in [2.24, 2.45) is 0 Å². The summed E-state index contributed by atoms with van der Waals surface area (Å²) in [5.41, 5.74) is 0. The first kappa shape index (κ1) is 77.3. The fourth-order valence-corrected chi connectivity index (χ4v) is 9.93. The maximum Gasteiger partial charge on any atom is 0.306 e. The van der Waals surface area contributed by atoms with Gasteiger partial charge in [0.1, 0.15) is 13.2 Å². The van der Waals surface area contributed by atoms with E-state index >= 15 is 0 Å². The van der Waals surface area contributed by atoms with Crippen molar-refractivity contribution in [2.45, 2.75) is 348 Å². The number of rotatable bonds is 63. The number of allylic oxidation sites excluding steroid dienone is 16. The first-order valence-electron chi connectivity index (χ1n) is 34.7. The number of esters is 3. The summed E-state index contributed by atoms with van der Waals surface area (Å²) in [6.07, 6.45) is 93.0. The van der Waals surface area contributed by atoms with E-state index in [2.05, 4.69) is 118 Å². The summed E-state index contributed by atoms with van der Waals surface area (Å²) in [6.45, 7) is 6.52. The van der Waals surface area contributed by atoms with Gasteiger partial charge < -0.3 is 14.2 Å². The molecular formula is C75H130O6. The molecule has 466 valence electrons. The molecular weight excluding hydrogens is 997 g/mol. The van der Waals surface area contributed by atoms with E-state index in [0.29, 0.717) is 19.3 Å². The van der Waals surface area contributed by atoms with Crippen molar-refractivity contribution >= 4 is 17.9 Å². The minimum atomic E-state index is -0.794.